The van der Waals surface area contributed by atoms with E-state index in [2.05, 4.69) is 20.8 Å². The molecule has 0 bridgehead atoms. The predicted octanol–water partition coefficient (Wildman–Crippen LogP) is 6.82. The fraction of sp³-hybridized carbons (Fsp3) is 0.613. The molecule has 9 atom stereocenters. The summed E-state index contributed by atoms with van der Waals surface area (Å²) in [5, 5.41) is 12.9. The van der Waals surface area contributed by atoms with Crippen LogP contribution < -0.4 is 0 Å². The second-order valence-electron chi connectivity index (χ2n) is 12.4. The van der Waals surface area contributed by atoms with Gasteiger partial charge in [-0.3, -0.25) is 9.59 Å². The average Bonchev–Trinajstić information content (AvgIpc) is 3.36. The molecular weight excluding hydrogens is 555 g/mol. The molecule has 0 spiro atoms. The van der Waals surface area contributed by atoms with E-state index in [1.54, 1.807) is 24.3 Å². The summed E-state index contributed by atoms with van der Waals surface area (Å²) in [7, 11) is 0. The van der Waals surface area contributed by atoms with Crippen molar-refractivity contribution in [1.82, 2.24) is 0 Å². The molecule has 0 amide bonds. The summed E-state index contributed by atoms with van der Waals surface area (Å²) in [5.74, 6) is 0.573. The number of rotatable bonds is 6. The molecule has 3 saturated carbocycles. The maximum Gasteiger partial charge on any atom is 0.178 e. The molecule has 4 aliphatic carbocycles. The number of aliphatic hydroxyl groups is 1. The summed E-state index contributed by atoms with van der Waals surface area (Å²) in [6, 6.07) is 5.31. The zero-order valence-corrected chi connectivity index (χ0v) is 25.0. The van der Waals surface area contributed by atoms with Crippen LogP contribution >= 0.6 is 35.0 Å². The van der Waals surface area contributed by atoms with Crippen molar-refractivity contribution in [3.8, 4) is 0 Å². The molecule has 0 radical (unpaired) electrons. The van der Waals surface area contributed by atoms with Crippen LogP contribution in [0.2, 0.25) is 10.0 Å². The number of benzene rings is 1. The number of thioether (sulfide) groups is 1. The Labute approximate surface area is 244 Å². The molecule has 1 saturated heterocycles. The average molecular weight is 592 g/mol. The van der Waals surface area contributed by atoms with Crippen molar-refractivity contribution in [1.29, 1.82) is 0 Å². The normalized spacial score (nSPS) is 42.4. The Balaban J connectivity index is 1.34. The fourth-order valence-electron chi connectivity index (χ4n) is 8.85. The zero-order valence-electron chi connectivity index (χ0n) is 22.6. The van der Waals surface area contributed by atoms with Gasteiger partial charge in [0, 0.05) is 26.7 Å². The number of hydrogen-bond donors (Lipinski definition) is 1. The lowest BCUT2D eigenvalue weighted by Crippen LogP contribution is -2.63. The molecule has 1 heterocycles. The van der Waals surface area contributed by atoms with Gasteiger partial charge in [0.25, 0.3) is 0 Å². The van der Waals surface area contributed by atoms with Crippen LogP contribution in [0.5, 0.6) is 0 Å². The summed E-state index contributed by atoms with van der Waals surface area (Å²) in [5.41, 5.74) is -0.937. The minimum atomic E-state index is -1.12. The van der Waals surface area contributed by atoms with Crippen LogP contribution in [-0.4, -0.2) is 46.5 Å². The number of ether oxygens (including phenoxy) is 2. The second-order valence-corrected chi connectivity index (χ2v) is 14.3. The van der Waals surface area contributed by atoms with E-state index in [4.69, 9.17) is 32.7 Å². The van der Waals surface area contributed by atoms with Crippen LogP contribution in [0.4, 0.5) is 0 Å². The van der Waals surface area contributed by atoms with E-state index in [0.717, 1.165) is 42.6 Å². The van der Waals surface area contributed by atoms with Gasteiger partial charge in [0.1, 0.15) is 0 Å². The summed E-state index contributed by atoms with van der Waals surface area (Å²) in [6.07, 6.45) is 8.56. The number of carbonyl (C=O) groups excluding carboxylic acids is 2. The highest BCUT2D eigenvalue weighted by Gasteiger charge is 2.75. The van der Waals surface area contributed by atoms with E-state index in [0.29, 0.717) is 16.5 Å². The van der Waals surface area contributed by atoms with Crippen molar-refractivity contribution >= 4 is 46.5 Å². The Kier molecular flexibility index (Phi) is 7.17. The van der Waals surface area contributed by atoms with Gasteiger partial charge in [-0.15, -0.1) is 11.8 Å². The first-order valence-corrected chi connectivity index (χ1v) is 15.8. The van der Waals surface area contributed by atoms with Gasteiger partial charge in [-0.25, -0.2) is 0 Å². The maximum absolute atomic E-state index is 14.4. The summed E-state index contributed by atoms with van der Waals surface area (Å²) >= 11 is 13.9. The smallest absolute Gasteiger partial charge is 0.178 e. The van der Waals surface area contributed by atoms with Gasteiger partial charge in [0.2, 0.25) is 0 Å². The largest absolute Gasteiger partial charge is 0.393 e. The summed E-state index contributed by atoms with van der Waals surface area (Å²) in [6.45, 7) is 6.40. The second kappa shape index (κ2) is 9.99. The number of allylic oxidation sites excluding steroid dienone is 4. The first kappa shape index (κ1) is 28.0. The molecule has 1 aromatic rings. The highest BCUT2D eigenvalue weighted by atomic mass is 35.5. The fourth-order valence-corrected chi connectivity index (χ4v) is 10.3. The maximum atomic E-state index is 14.4. The molecule has 210 valence electrons. The molecule has 8 heteroatoms. The van der Waals surface area contributed by atoms with Crippen molar-refractivity contribution in [3.63, 3.8) is 0 Å². The topological polar surface area (TPSA) is 72.8 Å². The van der Waals surface area contributed by atoms with Crippen LogP contribution in [0.15, 0.2) is 46.9 Å². The number of ketones is 2. The van der Waals surface area contributed by atoms with Crippen LogP contribution in [0.3, 0.4) is 0 Å². The van der Waals surface area contributed by atoms with E-state index < -0.39 is 23.4 Å². The summed E-state index contributed by atoms with van der Waals surface area (Å²) in [4.78, 5) is 27.3. The minimum absolute atomic E-state index is 0.00327. The number of carbonyl (C=O) groups is 2. The van der Waals surface area contributed by atoms with Crippen molar-refractivity contribution < 1.29 is 24.2 Å². The molecule has 5 nitrogen and oxygen atoms in total. The van der Waals surface area contributed by atoms with E-state index in [9.17, 15) is 14.7 Å². The van der Waals surface area contributed by atoms with Crippen molar-refractivity contribution in [3.05, 3.63) is 52.0 Å². The Morgan fingerprint density at radius 3 is 2.79 bits per heavy atom. The Hall–Kier alpha value is -1.15. The van der Waals surface area contributed by atoms with Crippen LogP contribution in [0.25, 0.3) is 0 Å². The molecular formula is C31H36Cl2O5S. The quantitative estimate of drug-likeness (QED) is 0.366. The molecule has 4 fully saturated rings. The third-order valence-electron chi connectivity index (χ3n) is 10.5. The van der Waals surface area contributed by atoms with E-state index in [-0.39, 0.29) is 46.6 Å². The first-order chi connectivity index (χ1) is 18.5. The Bertz CT molecular complexity index is 1260. The number of hydrogen-bond acceptors (Lipinski definition) is 6. The van der Waals surface area contributed by atoms with Crippen molar-refractivity contribution in [2.24, 2.45) is 28.6 Å². The van der Waals surface area contributed by atoms with Crippen molar-refractivity contribution in [2.75, 3.05) is 5.75 Å². The Morgan fingerprint density at radius 2 is 2.05 bits per heavy atom. The van der Waals surface area contributed by atoms with Gasteiger partial charge >= 0.3 is 0 Å². The number of fused-ring (bicyclic) bond motifs is 7. The standard InChI is InChI=1S/C31H36Cl2O5S/c1-4-5-27-37-26-14-21-20-8-6-17-12-19(34)10-11-29(17,2)28(20)23(35)15-30(21,3)31(26,38-27)25(36)16-39-24-9-7-18(32)13-22(24)33/h7,9-13,20-21,23,26-28,35H,4-6,8,14-16H2,1-3H3/t20?,21?,23-,26+,27?,28?,29?,30?,31+/m0/s1. The molecule has 6 unspecified atom stereocenters. The van der Waals surface area contributed by atoms with Gasteiger partial charge < -0.3 is 14.6 Å². The SMILES string of the molecule is CCCC1O[C@@H]2CC3C4CCC5=CC(=O)C=CC5(C)C4[C@@H](O)CC3(C)[C@]2(C(=O)CSc2ccc(Cl)cc2Cl)O1. The van der Waals surface area contributed by atoms with Gasteiger partial charge in [-0.05, 0) is 74.3 Å². The van der Waals surface area contributed by atoms with Crippen LogP contribution in [-0.2, 0) is 19.1 Å². The lowest BCUT2D eigenvalue weighted by molar-refractivity contribution is -0.197. The van der Waals surface area contributed by atoms with Crippen LogP contribution in [0.1, 0.15) is 59.3 Å². The Morgan fingerprint density at radius 1 is 1.26 bits per heavy atom. The number of Topliss-reactive ketones (excluding diaryl/α,β-unsaturated/α-hetero) is 1. The zero-order chi connectivity index (χ0) is 27.7. The predicted molar refractivity (Wildman–Crippen MR) is 153 cm³/mol. The number of aliphatic hydroxyl groups excluding tert-OH is 1. The van der Waals surface area contributed by atoms with E-state index >= 15 is 0 Å². The van der Waals surface area contributed by atoms with Gasteiger partial charge in [0.15, 0.2) is 23.5 Å². The monoisotopic (exact) mass is 590 g/mol. The van der Waals surface area contributed by atoms with E-state index in [1.807, 2.05) is 12.1 Å². The van der Waals surface area contributed by atoms with E-state index in [1.165, 1.54) is 11.8 Å². The third-order valence-corrected chi connectivity index (χ3v) is 12.2. The summed E-state index contributed by atoms with van der Waals surface area (Å²) < 4.78 is 13.3. The third kappa shape index (κ3) is 4.15. The highest BCUT2D eigenvalue weighted by molar-refractivity contribution is 8.00. The van der Waals surface area contributed by atoms with Gasteiger partial charge in [0.05, 0.1) is 23.0 Å². The minimum Gasteiger partial charge on any atom is -0.393 e. The molecule has 0 aromatic heterocycles. The lowest BCUT2D eigenvalue weighted by Gasteiger charge is -2.59. The molecule has 39 heavy (non-hydrogen) atoms. The first-order valence-electron chi connectivity index (χ1n) is 14.1. The number of halogens is 2. The van der Waals surface area contributed by atoms with Gasteiger partial charge in [-0.1, -0.05) is 62.0 Å². The highest BCUT2D eigenvalue weighted by Crippen LogP contribution is 2.69. The van der Waals surface area contributed by atoms with Crippen molar-refractivity contribution in [2.45, 2.75) is 88.3 Å². The molecule has 1 aromatic carbocycles. The molecule has 5 aliphatic rings. The van der Waals surface area contributed by atoms with Crippen LogP contribution in [0, 0.1) is 28.6 Å². The molecule has 1 N–H and O–H groups in total. The molecule has 6 rings (SSSR count). The molecule has 1 aliphatic heterocycles. The lowest BCUT2D eigenvalue weighted by atomic mass is 9.46. The van der Waals surface area contributed by atoms with Gasteiger partial charge in [-0.2, -0.15) is 0 Å².